The summed E-state index contributed by atoms with van der Waals surface area (Å²) >= 11 is 0. The number of hydrogen-bond donors (Lipinski definition) is 4. The van der Waals surface area contributed by atoms with Gasteiger partial charge in [0.2, 0.25) is 5.91 Å². The smallest absolute Gasteiger partial charge is 0.257 e. The molecule has 0 spiro atoms. The Hall–Kier alpha value is -3.59. The lowest BCUT2D eigenvalue weighted by molar-refractivity contribution is -0.135. The second-order valence-electron chi connectivity index (χ2n) is 8.24. The maximum Gasteiger partial charge on any atom is 0.257 e. The normalized spacial score (nSPS) is 17.7. The van der Waals surface area contributed by atoms with Crippen LogP contribution in [0.2, 0.25) is 0 Å². The van der Waals surface area contributed by atoms with Crippen molar-refractivity contribution in [2.24, 2.45) is 5.73 Å². The number of nitrogens with one attached hydrogen (secondary N) is 1. The minimum atomic E-state index is -0.700. The van der Waals surface area contributed by atoms with Crippen LogP contribution in [0.3, 0.4) is 0 Å². The summed E-state index contributed by atoms with van der Waals surface area (Å²) in [5.41, 5.74) is 7.23. The van der Waals surface area contributed by atoms with Gasteiger partial charge in [-0.2, -0.15) is 5.10 Å². The largest absolute Gasteiger partial charge is 0.507 e. The van der Waals surface area contributed by atoms with E-state index in [4.69, 9.17) is 5.73 Å². The standard InChI is InChI=1S/C22H23N5O4/c23-22(6-7-22)21(31)27-10-8-26(9-11-27)20(30)14-5-4-13(12-17(14)29)18-15-2-1-3-16(28)19(15)25-24-18/h1-5,12,28-29H,6-11,23H2,(H,24,25). The van der Waals surface area contributed by atoms with Crippen LogP contribution in [0.1, 0.15) is 23.2 Å². The van der Waals surface area contributed by atoms with E-state index in [9.17, 15) is 19.8 Å². The molecule has 1 aromatic heterocycles. The van der Waals surface area contributed by atoms with Gasteiger partial charge in [0.25, 0.3) is 5.91 Å². The number of benzene rings is 2. The van der Waals surface area contributed by atoms with Gasteiger partial charge in [-0.15, -0.1) is 0 Å². The summed E-state index contributed by atoms with van der Waals surface area (Å²) in [5, 5.41) is 28.2. The molecule has 9 nitrogen and oxygen atoms in total. The van der Waals surface area contributed by atoms with Gasteiger partial charge in [0, 0.05) is 37.1 Å². The van der Waals surface area contributed by atoms with Gasteiger partial charge in [0.15, 0.2) is 0 Å². The summed E-state index contributed by atoms with van der Waals surface area (Å²) in [5.74, 6) is -0.388. The molecule has 1 aliphatic carbocycles. The maximum absolute atomic E-state index is 12.9. The van der Waals surface area contributed by atoms with E-state index in [1.807, 2.05) is 6.07 Å². The average Bonchev–Trinajstić information content (AvgIpc) is 3.37. The molecular weight excluding hydrogens is 398 g/mol. The summed E-state index contributed by atoms with van der Waals surface area (Å²) in [6.45, 7) is 1.66. The molecule has 2 aromatic carbocycles. The Labute approximate surface area is 178 Å². The quantitative estimate of drug-likeness (QED) is 0.505. The van der Waals surface area contributed by atoms with Gasteiger partial charge in [0.05, 0.1) is 16.8 Å². The van der Waals surface area contributed by atoms with Crippen molar-refractivity contribution in [3.05, 3.63) is 42.0 Å². The number of aromatic amines is 1. The van der Waals surface area contributed by atoms with E-state index in [1.165, 1.54) is 6.07 Å². The molecule has 1 saturated heterocycles. The number of amides is 2. The van der Waals surface area contributed by atoms with E-state index < -0.39 is 5.54 Å². The average molecular weight is 421 g/mol. The predicted octanol–water partition coefficient (Wildman–Crippen LogP) is 1.42. The zero-order valence-electron chi connectivity index (χ0n) is 16.8. The molecule has 9 heteroatoms. The molecule has 2 heterocycles. The number of nitrogens with two attached hydrogens (primary N) is 1. The first-order valence-corrected chi connectivity index (χ1v) is 10.2. The third-order valence-corrected chi connectivity index (χ3v) is 6.15. The van der Waals surface area contributed by atoms with E-state index in [0.29, 0.717) is 48.3 Å². The summed E-state index contributed by atoms with van der Waals surface area (Å²) in [7, 11) is 0. The number of H-pyrrole nitrogens is 1. The molecule has 31 heavy (non-hydrogen) atoms. The maximum atomic E-state index is 12.9. The monoisotopic (exact) mass is 421 g/mol. The number of phenolic OH excluding ortho intramolecular Hbond substituents is 2. The lowest BCUT2D eigenvalue weighted by Gasteiger charge is -2.36. The molecule has 2 aliphatic rings. The minimum Gasteiger partial charge on any atom is -0.507 e. The fraction of sp³-hybridized carbons (Fsp3) is 0.318. The van der Waals surface area contributed by atoms with Crippen molar-refractivity contribution in [3.63, 3.8) is 0 Å². The van der Waals surface area contributed by atoms with Crippen LogP contribution in [0.4, 0.5) is 0 Å². The van der Waals surface area contributed by atoms with Gasteiger partial charge in [-0.25, -0.2) is 0 Å². The number of hydrogen-bond acceptors (Lipinski definition) is 6. The zero-order chi connectivity index (χ0) is 21.8. The summed E-state index contributed by atoms with van der Waals surface area (Å²) in [6, 6.07) is 9.91. The summed E-state index contributed by atoms with van der Waals surface area (Å²) in [4.78, 5) is 28.7. The molecule has 2 amide bonds. The fourth-order valence-electron chi connectivity index (χ4n) is 4.06. The van der Waals surface area contributed by atoms with Gasteiger partial charge in [0.1, 0.15) is 17.0 Å². The molecule has 160 valence electrons. The lowest BCUT2D eigenvalue weighted by atomic mass is 10.0. The van der Waals surface area contributed by atoms with E-state index in [2.05, 4.69) is 10.2 Å². The summed E-state index contributed by atoms with van der Waals surface area (Å²) in [6.07, 6.45) is 1.44. The van der Waals surface area contributed by atoms with Crippen molar-refractivity contribution in [1.29, 1.82) is 0 Å². The first kappa shape index (κ1) is 19.4. The minimum absolute atomic E-state index is 0.0374. The third kappa shape index (κ3) is 3.27. The Morgan fingerprint density at radius 1 is 1.00 bits per heavy atom. The molecule has 0 unspecified atom stereocenters. The topological polar surface area (TPSA) is 136 Å². The van der Waals surface area contributed by atoms with Crippen LogP contribution in [0, 0.1) is 0 Å². The third-order valence-electron chi connectivity index (χ3n) is 6.15. The fourth-order valence-corrected chi connectivity index (χ4v) is 4.06. The molecule has 1 aliphatic heterocycles. The van der Waals surface area contributed by atoms with Crippen molar-refractivity contribution in [1.82, 2.24) is 20.0 Å². The van der Waals surface area contributed by atoms with Crippen LogP contribution in [-0.4, -0.2) is 73.7 Å². The van der Waals surface area contributed by atoms with Gasteiger partial charge in [-0.1, -0.05) is 18.2 Å². The van der Waals surface area contributed by atoms with Gasteiger partial charge in [-0.05, 0) is 31.0 Å². The first-order valence-electron chi connectivity index (χ1n) is 10.2. The van der Waals surface area contributed by atoms with E-state index in [-0.39, 0.29) is 28.9 Å². The predicted molar refractivity (Wildman–Crippen MR) is 113 cm³/mol. The Balaban J connectivity index is 1.33. The first-order chi connectivity index (χ1) is 14.9. The number of para-hydroxylation sites is 1. The lowest BCUT2D eigenvalue weighted by Crippen LogP contribution is -2.55. The second kappa shape index (κ2) is 6.98. The SMILES string of the molecule is NC1(C(=O)N2CCN(C(=O)c3ccc(-c4[nH]nc5c(O)cccc45)cc3O)CC2)CC1. The van der Waals surface area contributed by atoms with Crippen LogP contribution in [0.15, 0.2) is 36.4 Å². The van der Waals surface area contributed by atoms with Crippen molar-refractivity contribution < 1.29 is 19.8 Å². The molecule has 2 fully saturated rings. The number of aromatic hydroxyl groups is 2. The molecule has 0 bridgehead atoms. The van der Waals surface area contributed by atoms with E-state index >= 15 is 0 Å². The Morgan fingerprint density at radius 3 is 2.39 bits per heavy atom. The van der Waals surface area contributed by atoms with E-state index in [0.717, 1.165) is 12.8 Å². The van der Waals surface area contributed by atoms with Crippen molar-refractivity contribution in [3.8, 4) is 22.8 Å². The number of carbonyl (C=O) groups is 2. The zero-order valence-corrected chi connectivity index (χ0v) is 16.8. The molecule has 1 saturated carbocycles. The Kier molecular flexibility index (Phi) is 4.37. The van der Waals surface area contributed by atoms with Crippen LogP contribution >= 0.6 is 0 Å². The van der Waals surface area contributed by atoms with Crippen molar-refractivity contribution in [2.75, 3.05) is 26.2 Å². The molecule has 5 rings (SSSR count). The van der Waals surface area contributed by atoms with Crippen LogP contribution in [-0.2, 0) is 4.79 Å². The van der Waals surface area contributed by atoms with Gasteiger partial charge in [-0.3, -0.25) is 14.7 Å². The number of aromatic nitrogens is 2. The number of piperazine rings is 1. The number of phenols is 2. The second-order valence-corrected chi connectivity index (χ2v) is 8.24. The van der Waals surface area contributed by atoms with E-state index in [1.54, 1.807) is 34.1 Å². The number of fused-ring (bicyclic) bond motifs is 1. The van der Waals surface area contributed by atoms with Crippen LogP contribution in [0.25, 0.3) is 22.2 Å². The highest BCUT2D eigenvalue weighted by Gasteiger charge is 2.48. The van der Waals surface area contributed by atoms with Gasteiger partial charge < -0.3 is 25.7 Å². The van der Waals surface area contributed by atoms with Crippen molar-refractivity contribution >= 4 is 22.7 Å². The molecular formula is C22H23N5O4. The molecule has 0 radical (unpaired) electrons. The molecule has 5 N–H and O–H groups in total. The Bertz CT molecular complexity index is 1190. The van der Waals surface area contributed by atoms with Crippen LogP contribution in [0.5, 0.6) is 11.5 Å². The summed E-state index contributed by atoms with van der Waals surface area (Å²) < 4.78 is 0. The number of nitrogens with zero attached hydrogens (tertiary/aromatic N) is 3. The number of carbonyl (C=O) groups excluding carboxylic acids is 2. The number of rotatable bonds is 3. The highest BCUT2D eigenvalue weighted by Crippen LogP contribution is 2.35. The van der Waals surface area contributed by atoms with Crippen molar-refractivity contribution in [2.45, 2.75) is 18.4 Å². The molecule has 0 atom stereocenters. The Morgan fingerprint density at radius 2 is 1.71 bits per heavy atom. The van der Waals surface area contributed by atoms with Gasteiger partial charge >= 0.3 is 0 Å². The highest BCUT2D eigenvalue weighted by atomic mass is 16.3. The van der Waals surface area contributed by atoms with Crippen LogP contribution < -0.4 is 5.73 Å². The highest BCUT2D eigenvalue weighted by molar-refractivity contribution is 6.00. The molecule has 3 aromatic rings.